The highest BCUT2D eigenvalue weighted by Crippen LogP contribution is 2.52. The van der Waals surface area contributed by atoms with Gasteiger partial charge in [-0.05, 0) is 37.3 Å². The van der Waals surface area contributed by atoms with Gasteiger partial charge in [0.15, 0.2) is 0 Å². The van der Waals surface area contributed by atoms with Gasteiger partial charge in [0, 0.05) is 24.1 Å². The van der Waals surface area contributed by atoms with Crippen LogP contribution in [0.4, 0.5) is 5.69 Å². The maximum atomic E-state index is 13.4. The van der Waals surface area contributed by atoms with Gasteiger partial charge < -0.3 is 9.64 Å². The minimum Gasteiger partial charge on any atom is -0.469 e. The van der Waals surface area contributed by atoms with Gasteiger partial charge in [-0.2, -0.15) is 5.26 Å². The Labute approximate surface area is 148 Å². The highest BCUT2D eigenvalue weighted by Gasteiger charge is 2.52. The fourth-order valence-electron chi connectivity index (χ4n) is 4.50. The van der Waals surface area contributed by atoms with E-state index in [2.05, 4.69) is 6.07 Å². The van der Waals surface area contributed by atoms with E-state index in [0.717, 1.165) is 30.5 Å². The zero-order valence-corrected chi connectivity index (χ0v) is 14.8. The molecule has 0 radical (unpaired) electrons. The van der Waals surface area contributed by atoms with Crippen molar-refractivity contribution in [3.05, 3.63) is 29.8 Å². The van der Waals surface area contributed by atoms with E-state index in [9.17, 15) is 9.59 Å². The molecule has 132 valence electrons. The minimum atomic E-state index is -0.459. The van der Waals surface area contributed by atoms with Crippen LogP contribution in [0, 0.1) is 16.7 Å². The number of nitrogens with zero attached hydrogens (tertiary/aromatic N) is 2. The predicted molar refractivity (Wildman–Crippen MR) is 93.9 cm³/mol. The quantitative estimate of drug-likeness (QED) is 0.769. The number of carbonyl (C=O) groups excluding carboxylic acids is 2. The summed E-state index contributed by atoms with van der Waals surface area (Å²) >= 11 is 0. The smallest absolute Gasteiger partial charge is 0.306 e. The molecule has 0 bridgehead atoms. The SMILES string of the molecule is CC[C@@]1(CCC#N)CC[C@@H]2[C@@H](CC(=O)OC)c3ccccc3N2C1=O. The minimum absolute atomic E-state index is 0.00533. The van der Waals surface area contributed by atoms with E-state index in [-0.39, 0.29) is 23.8 Å². The molecule has 5 nitrogen and oxygen atoms in total. The predicted octanol–water partition coefficient (Wildman–Crippen LogP) is 3.54. The van der Waals surface area contributed by atoms with Gasteiger partial charge in [0.05, 0.1) is 25.0 Å². The van der Waals surface area contributed by atoms with Crippen LogP contribution in [-0.4, -0.2) is 25.0 Å². The number of ether oxygens (including phenoxy) is 1. The summed E-state index contributed by atoms with van der Waals surface area (Å²) in [5.41, 5.74) is 1.51. The number of hydrogen-bond donors (Lipinski definition) is 0. The molecule has 3 rings (SSSR count). The molecular formula is C20H24N2O3. The average molecular weight is 340 g/mol. The number of benzene rings is 1. The third-order valence-electron chi connectivity index (χ3n) is 5.99. The topological polar surface area (TPSA) is 70.4 Å². The molecule has 0 aliphatic carbocycles. The Morgan fingerprint density at radius 2 is 2.20 bits per heavy atom. The third kappa shape index (κ3) is 2.80. The Kier molecular flexibility index (Phi) is 4.80. The molecular weight excluding hydrogens is 316 g/mol. The van der Waals surface area contributed by atoms with Crippen molar-refractivity contribution in [2.24, 2.45) is 5.41 Å². The molecule has 2 heterocycles. The van der Waals surface area contributed by atoms with Crippen LogP contribution in [-0.2, 0) is 14.3 Å². The maximum absolute atomic E-state index is 13.4. The summed E-state index contributed by atoms with van der Waals surface area (Å²) in [6.07, 6.45) is 3.65. The van der Waals surface area contributed by atoms with Gasteiger partial charge in [0.25, 0.3) is 0 Å². The third-order valence-corrected chi connectivity index (χ3v) is 5.99. The number of para-hydroxylation sites is 1. The zero-order valence-electron chi connectivity index (χ0n) is 14.8. The van der Waals surface area contributed by atoms with Crippen molar-refractivity contribution < 1.29 is 14.3 Å². The van der Waals surface area contributed by atoms with Crippen molar-refractivity contribution in [1.82, 2.24) is 0 Å². The average Bonchev–Trinajstić information content (AvgIpc) is 2.96. The fourth-order valence-corrected chi connectivity index (χ4v) is 4.50. The van der Waals surface area contributed by atoms with Crippen LogP contribution < -0.4 is 4.90 Å². The maximum Gasteiger partial charge on any atom is 0.306 e. The number of nitriles is 1. The lowest BCUT2D eigenvalue weighted by atomic mass is 9.70. The molecule has 5 heteroatoms. The summed E-state index contributed by atoms with van der Waals surface area (Å²) in [6, 6.07) is 10.1. The van der Waals surface area contributed by atoms with E-state index >= 15 is 0 Å². The first kappa shape index (κ1) is 17.5. The van der Waals surface area contributed by atoms with Crippen molar-refractivity contribution >= 4 is 17.6 Å². The van der Waals surface area contributed by atoms with E-state index in [1.54, 1.807) is 0 Å². The van der Waals surface area contributed by atoms with E-state index in [0.29, 0.717) is 19.3 Å². The van der Waals surface area contributed by atoms with E-state index in [1.807, 2.05) is 36.1 Å². The zero-order chi connectivity index (χ0) is 18.0. The summed E-state index contributed by atoms with van der Waals surface area (Å²) in [4.78, 5) is 27.2. The Morgan fingerprint density at radius 1 is 1.44 bits per heavy atom. The molecule has 0 N–H and O–H groups in total. The van der Waals surface area contributed by atoms with Crippen LogP contribution in [0.2, 0.25) is 0 Å². The molecule has 1 aromatic rings. The highest BCUT2D eigenvalue weighted by molar-refractivity contribution is 6.01. The lowest BCUT2D eigenvalue weighted by Gasteiger charge is -2.44. The normalized spacial score (nSPS) is 27.4. The number of rotatable bonds is 5. The lowest BCUT2D eigenvalue weighted by molar-refractivity contribution is -0.141. The van der Waals surface area contributed by atoms with Crippen LogP contribution in [0.15, 0.2) is 24.3 Å². The molecule has 2 aliphatic heterocycles. The van der Waals surface area contributed by atoms with Crippen LogP contribution >= 0.6 is 0 Å². The summed E-state index contributed by atoms with van der Waals surface area (Å²) in [5, 5.41) is 8.98. The molecule has 3 atom stereocenters. The summed E-state index contributed by atoms with van der Waals surface area (Å²) < 4.78 is 4.87. The molecule has 25 heavy (non-hydrogen) atoms. The lowest BCUT2D eigenvalue weighted by Crippen LogP contribution is -2.53. The number of anilines is 1. The number of carbonyl (C=O) groups is 2. The van der Waals surface area contributed by atoms with Gasteiger partial charge in [-0.25, -0.2) is 0 Å². The first-order valence-corrected chi connectivity index (χ1v) is 8.94. The number of amides is 1. The summed E-state index contributed by atoms with van der Waals surface area (Å²) in [5.74, 6) is -0.148. The van der Waals surface area contributed by atoms with Crippen LogP contribution in [0.3, 0.4) is 0 Å². The molecule has 1 fully saturated rings. The Bertz CT molecular complexity index is 724. The molecule has 1 saturated heterocycles. The number of methoxy groups -OCH3 is 1. The van der Waals surface area contributed by atoms with Crippen molar-refractivity contribution in [2.75, 3.05) is 12.0 Å². The second-order valence-corrected chi connectivity index (χ2v) is 7.02. The summed E-state index contributed by atoms with van der Waals surface area (Å²) in [7, 11) is 1.40. The van der Waals surface area contributed by atoms with Gasteiger partial charge in [-0.1, -0.05) is 25.1 Å². The van der Waals surface area contributed by atoms with Gasteiger partial charge in [0.2, 0.25) is 5.91 Å². The first-order valence-electron chi connectivity index (χ1n) is 8.94. The van der Waals surface area contributed by atoms with E-state index in [4.69, 9.17) is 10.00 Å². The van der Waals surface area contributed by atoms with Crippen molar-refractivity contribution in [2.45, 2.75) is 57.4 Å². The van der Waals surface area contributed by atoms with E-state index < -0.39 is 5.41 Å². The van der Waals surface area contributed by atoms with Crippen LogP contribution in [0.5, 0.6) is 0 Å². The largest absolute Gasteiger partial charge is 0.469 e. The second kappa shape index (κ2) is 6.87. The number of piperidine rings is 1. The van der Waals surface area contributed by atoms with Crippen LogP contribution in [0.25, 0.3) is 0 Å². The molecule has 1 amide bonds. The van der Waals surface area contributed by atoms with Crippen LogP contribution in [0.1, 0.15) is 56.9 Å². The Balaban J connectivity index is 1.98. The van der Waals surface area contributed by atoms with Crippen molar-refractivity contribution in [3.8, 4) is 6.07 Å². The second-order valence-electron chi connectivity index (χ2n) is 7.02. The molecule has 0 aromatic heterocycles. The first-order chi connectivity index (χ1) is 12.1. The molecule has 0 unspecified atom stereocenters. The van der Waals surface area contributed by atoms with Gasteiger partial charge in [-0.3, -0.25) is 9.59 Å². The van der Waals surface area contributed by atoms with Crippen molar-refractivity contribution in [1.29, 1.82) is 5.26 Å². The molecule has 1 aromatic carbocycles. The summed E-state index contributed by atoms with van der Waals surface area (Å²) in [6.45, 7) is 2.03. The van der Waals surface area contributed by atoms with Gasteiger partial charge in [-0.15, -0.1) is 0 Å². The number of hydrogen-bond acceptors (Lipinski definition) is 4. The standard InChI is InChI=1S/C20H24N2O3/c1-3-20(10-6-12-21)11-9-17-15(13-18(23)25-2)14-7-4-5-8-16(14)22(17)19(20)24/h4-5,7-8,15,17H,3,6,9-11,13H2,1-2H3/t15-,17+,20+/m0/s1. The van der Waals surface area contributed by atoms with E-state index in [1.165, 1.54) is 7.11 Å². The Morgan fingerprint density at radius 3 is 2.88 bits per heavy atom. The Hall–Kier alpha value is -2.35. The molecule has 2 aliphatic rings. The highest BCUT2D eigenvalue weighted by atomic mass is 16.5. The monoisotopic (exact) mass is 340 g/mol. The molecule has 0 saturated carbocycles. The molecule has 0 spiro atoms. The van der Waals surface area contributed by atoms with Gasteiger partial charge in [0.1, 0.15) is 0 Å². The number of fused-ring (bicyclic) bond motifs is 3. The van der Waals surface area contributed by atoms with Gasteiger partial charge >= 0.3 is 5.97 Å². The number of esters is 1. The fraction of sp³-hybridized carbons (Fsp3) is 0.550. The van der Waals surface area contributed by atoms with Crippen molar-refractivity contribution in [3.63, 3.8) is 0 Å².